The van der Waals surface area contributed by atoms with E-state index in [9.17, 15) is 93.5 Å². The number of pyridine rings is 2. The van der Waals surface area contributed by atoms with Crippen LogP contribution in [0.4, 0.5) is 49.1 Å². The lowest BCUT2D eigenvalue weighted by Crippen LogP contribution is -2.54. The molecular weight excluding hydrogens is 1890 g/mol. The minimum absolute atomic E-state index is 0.0215. The number of carboxylic acids is 1. The zero-order chi connectivity index (χ0) is 103. The minimum atomic E-state index is -4.90. The van der Waals surface area contributed by atoms with Crippen LogP contribution in [0.25, 0.3) is 22.3 Å². The molecule has 2 unspecified atom stereocenters. The van der Waals surface area contributed by atoms with Crippen LogP contribution in [0, 0.1) is 0 Å². The number of fused-ring (bicyclic) bond motifs is 2. The van der Waals surface area contributed by atoms with Crippen molar-refractivity contribution in [1.82, 2.24) is 65.1 Å². The lowest BCUT2D eigenvalue weighted by molar-refractivity contribution is -0.138. The van der Waals surface area contributed by atoms with Gasteiger partial charge < -0.3 is 65.8 Å². The number of piperazine rings is 4. The summed E-state index contributed by atoms with van der Waals surface area (Å²) in [4.78, 5) is 197. The number of benzene rings is 6. The van der Waals surface area contributed by atoms with Crippen LogP contribution in [0.2, 0.25) is 0 Å². The number of imide groups is 4. The molecule has 8 aliphatic rings. The molecule has 41 heteroatoms. The maximum absolute atomic E-state index is 13.9. The number of amides is 11. The number of aliphatic carboxylic acids is 1. The van der Waals surface area contributed by atoms with Crippen molar-refractivity contribution in [2.45, 2.75) is 140 Å². The van der Waals surface area contributed by atoms with E-state index in [-0.39, 0.29) is 66.0 Å². The quantitative estimate of drug-likeness (QED) is 0.00992. The molecule has 8 aromatic rings. The molecule has 35 nitrogen and oxygen atoms in total. The summed E-state index contributed by atoms with van der Waals surface area (Å²) < 4.78 is 94.6. The predicted molar refractivity (Wildman–Crippen MR) is 529 cm³/mol. The van der Waals surface area contributed by atoms with E-state index in [1.807, 2.05) is 68.7 Å². The molecule has 10 heterocycles. The lowest BCUT2D eigenvalue weighted by Gasteiger charge is -2.35. The van der Waals surface area contributed by atoms with Gasteiger partial charge in [0.05, 0.1) is 80.5 Å². The van der Waals surface area contributed by atoms with Crippen molar-refractivity contribution >= 4 is 93.7 Å². The van der Waals surface area contributed by atoms with Crippen molar-refractivity contribution in [3.63, 3.8) is 0 Å². The third-order valence-corrected chi connectivity index (χ3v) is 27.0. The number of carbonyl (C=O) groups excluding carboxylic acids is 11. The van der Waals surface area contributed by atoms with Gasteiger partial charge in [0.1, 0.15) is 23.6 Å². The second-order valence-electron chi connectivity index (χ2n) is 37.4. The standard InChI is InChI=1S/C52H60F3N9O8.C31H38F3N7O2.C21H24N2O7/c1-60-20-26-63(27-21-60)41-15-14-36(30-40(41)58-48(68)38-32-57-46(67)31-39(38)52(53,54)55)35-10-7-9-34(29-35)33-62-24-22-61(23-25-62)19-18-56-44(65)13-5-3-2-4-6-28-72-43-12-8-11-37-47(43)51(71)64(50(37)70)42-16-17-45(66)59-49(42)69;1-38-9-15-41(16-10-38)28-6-5-24(18-27(28)37-30(43)25-20-36-29(42)19-26(25)31(32,33)34)23-4-2-3-22(17-23)21-40-13-11-39(8-7-35)12-14-40;24-16-11-10-14(19(27)22-16)23-20(28)13-7-6-8-15(18(13)21(23)29)30-12-5-3-1-2-4-9-17(25)26/h7-12,14-15,29-32,42H,2-6,13,16-28,33H2,1H3,(H,56,65)(H,57,67)(H,58,68)(H,59,66,69);2-6,17-20H,7-16,21,35H2,1H3,(H,36,42)(H,37,43);6-8,14H,1-5,9-12H2,(H,25,26)(H,22,24,27). The molecule has 6 saturated heterocycles. The molecule has 0 saturated carbocycles. The van der Waals surface area contributed by atoms with Gasteiger partial charge >= 0.3 is 18.3 Å². The molecule has 145 heavy (non-hydrogen) atoms. The van der Waals surface area contributed by atoms with Crippen molar-refractivity contribution in [1.29, 1.82) is 0 Å². The van der Waals surface area contributed by atoms with Crippen LogP contribution in [-0.2, 0) is 54.2 Å². The number of hydrogen-bond donors (Lipinski definition) is 9. The van der Waals surface area contributed by atoms with Crippen molar-refractivity contribution in [2.75, 3.05) is 179 Å². The molecule has 2 aromatic heterocycles. The highest BCUT2D eigenvalue weighted by Gasteiger charge is 2.49. The number of likely N-dealkylation sites (N-methyl/N-ethyl adjacent to an activating group) is 2. The van der Waals surface area contributed by atoms with Crippen molar-refractivity contribution in [2.24, 2.45) is 5.73 Å². The Balaban J connectivity index is 0.000000192. The largest absolute Gasteiger partial charge is 0.493 e. The molecule has 16 rings (SSSR count). The fourth-order valence-corrected chi connectivity index (χ4v) is 19.0. The number of hydrogen-bond acceptors (Lipinski definition) is 25. The molecule has 772 valence electrons. The smallest absolute Gasteiger partial charge is 0.417 e. The summed E-state index contributed by atoms with van der Waals surface area (Å²) in [5.41, 5.74) is 8.47. The van der Waals surface area contributed by atoms with E-state index in [4.69, 9.17) is 20.3 Å². The van der Waals surface area contributed by atoms with E-state index < -0.39 is 123 Å². The third kappa shape index (κ3) is 28.2. The number of nitrogens with one attached hydrogen (secondary N) is 7. The van der Waals surface area contributed by atoms with E-state index in [2.05, 4.69) is 100 Å². The maximum Gasteiger partial charge on any atom is 0.417 e. The van der Waals surface area contributed by atoms with Gasteiger partial charge in [0.2, 0.25) is 40.7 Å². The number of halogens is 6. The molecule has 6 aromatic carbocycles. The van der Waals surface area contributed by atoms with E-state index in [1.165, 1.54) is 12.1 Å². The Morgan fingerprint density at radius 2 is 0.821 bits per heavy atom. The molecule has 2 atom stereocenters. The number of aromatic amines is 2. The highest BCUT2D eigenvalue weighted by molar-refractivity contribution is 6.26. The van der Waals surface area contributed by atoms with Crippen LogP contribution < -0.4 is 62.7 Å². The van der Waals surface area contributed by atoms with Crippen molar-refractivity contribution in [3.05, 3.63) is 222 Å². The summed E-state index contributed by atoms with van der Waals surface area (Å²) >= 11 is 0. The zero-order valence-corrected chi connectivity index (χ0v) is 81.1. The third-order valence-electron chi connectivity index (χ3n) is 27.0. The highest BCUT2D eigenvalue weighted by atomic mass is 19.4. The highest BCUT2D eigenvalue weighted by Crippen LogP contribution is 2.41. The topological polar surface area (TPSA) is 428 Å². The molecule has 6 fully saturated rings. The molecule has 8 aliphatic heterocycles. The van der Waals surface area contributed by atoms with Gasteiger partial charge in [0.25, 0.3) is 35.4 Å². The van der Waals surface area contributed by atoms with E-state index in [0.717, 1.165) is 211 Å². The van der Waals surface area contributed by atoms with Gasteiger partial charge in [-0.15, -0.1) is 0 Å². The Morgan fingerprint density at radius 1 is 0.434 bits per heavy atom. The van der Waals surface area contributed by atoms with Gasteiger partial charge in [-0.1, -0.05) is 99.2 Å². The fourth-order valence-electron chi connectivity index (χ4n) is 19.0. The Kier molecular flexibility index (Phi) is 36.6. The first-order chi connectivity index (χ1) is 69.6. The molecule has 0 aliphatic carbocycles. The predicted octanol–water partition coefficient (Wildman–Crippen LogP) is 10.2. The number of unbranched alkanes of at least 4 members (excludes halogenated alkanes) is 8. The first-order valence-corrected chi connectivity index (χ1v) is 49.2. The summed E-state index contributed by atoms with van der Waals surface area (Å²) in [5, 5.41) is 21.5. The molecule has 0 spiro atoms. The Labute approximate surface area is 833 Å². The zero-order valence-electron chi connectivity index (χ0n) is 81.1. The van der Waals surface area contributed by atoms with E-state index in [0.29, 0.717) is 113 Å². The van der Waals surface area contributed by atoms with Gasteiger partial charge in [0.15, 0.2) is 0 Å². The Morgan fingerprint density at radius 3 is 1.23 bits per heavy atom. The van der Waals surface area contributed by atoms with Gasteiger partial charge in [-0.25, -0.2) is 0 Å². The fraction of sp³-hybridized carbons (Fsp3) is 0.442. The molecule has 11 amide bonds. The number of alkyl halides is 6. The number of ether oxygens (including phenoxy) is 2. The van der Waals surface area contributed by atoms with Crippen LogP contribution in [-0.4, -0.2) is 296 Å². The summed E-state index contributed by atoms with van der Waals surface area (Å²) in [6.07, 6.45) is 0.859. The van der Waals surface area contributed by atoms with E-state index in [1.54, 1.807) is 30.3 Å². The van der Waals surface area contributed by atoms with Crippen LogP contribution >= 0.6 is 0 Å². The van der Waals surface area contributed by atoms with Gasteiger partial charge in [-0.05, 0) is 147 Å². The van der Waals surface area contributed by atoms with Gasteiger partial charge in [0, 0.05) is 194 Å². The average Bonchev–Trinajstić information content (AvgIpc) is 1.61. The number of carbonyl (C=O) groups is 12. The molecule has 0 radical (unpaired) electrons. The minimum Gasteiger partial charge on any atom is -0.493 e. The first kappa shape index (κ1) is 107. The summed E-state index contributed by atoms with van der Waals surface area (Å²) in [6, 6.07) is 36.0. The first-order valence-electron chi connectivity index (χ1n) is 49.2. The normalized spacial score (nSPS) is 17.9. The van der Waals surface area contributed by atoms with Gasteiger partial charge in [-0.3, -0.25) is 107 Å². The molecular formula is C104H122F6N18O17. The summed E-state index contributed by atoms with van der Waals surface area (Å²) in [7, 11) is 4.05. The van der Waals surface area contributed by atoms with Crippen LogP contribution in [0.5, 0.6) is 11.5 Å². The number of nitrogens with two attached hydrogens (primary N) is 1. The average molecular weight is 2010 g/mol. The summed E-state index contributed by atoms with van der Waals surface area (Å²) in [6.45, 7) is 18.3. The van der Waals surface area contributed by atoms with E-state index >= 15 is 0 Å². The Hall–Kier alpha value is -13.8. The number of rotatable bonds is 37. The Bertz CT molecular complexity index is 6180. The lowest BCUT2D eigenvalue weighted by atomic mass is 10.0. The van der Waals surface area contributed by atoms with Crippen molar-refractivity contribution in [3.8, 4) is 33.8 Å². The van der Waals surface area contributed by atoms with Crippen molar-refractivity contribution < 1.29 is 98.5 Å². The van der Waals surface area contributed by atoms with Crippen LogP contribution in [0.15, 0.2) is 155 Å². The SMILES string of the molecule is CN1CCN(c2ccc(-c3cccc(CN4CCN(CCN)CC4)c3)cc2NC(=O)c2c[nH]c(=O)cc2C(F)(F)F)CC1.CN1CCN(c2ccc(-c3cccc(CN4CCN(CCNC(=O)CCCCCCCOc5cccc6c5C(=O)N(C5CCC(=O)NC5=O)C6=O)CC4)c3)cc2NC(=O)c2c[nH]c(=O)cc2C(F)(F)F)CC1.O=C(O)CCCCCCCOc1cccc2c1C(=O)N(C1CCC(=O)NC1=O)C2=O. The number of piperidine rings is 2. The van der Waals surface area contributed by atoms with Crippen LogP contribution in [0.3, 0.4) is 0 Å². The number of anilines is 4. The number of H-pyrrole nitrogens is 2. The molecule has 0 bridgehead atoms. The van der Waals surface area contributed by atoms with Gasteiger partial charge in [-0.2, -0.15) is 26.3 Å². The maximum atomic E-state index is 13.9. The second kappa shape index (κ2) is 49.6. The number of carboxylic acid groups (broad SMARTS) is 1. The summed E-state index contributed by atoms with van der Waals surface area (Å²) in [5.74, 6) is -6.60. The van der Waals surface area contributed by atoms with Crippen LogP contribution in [0.1, 0.15) is 187 Å². The monoisotopic (exact) mass is 2010 g/mol. The molecule has 10 N–H and O–H groups in total. The number of aromatic nitrogens is 2. The second-order valence-corrected chi connectivity index (χ2v) is 37.4. The number of nitrogens with zero attached hydrogens (tertiary/aromatic N) is 10.